The van der Waals surface area contributed by atoms with E-state index in [4.69, 9.17) is 16.7 Å². The van der Waals surface area contributed by atoms with Crippen LogP contribution in [0.15, 0.2) is 35.5 Å². The summed E-state index contributed by atoms with van der Waals surface area (Å²) >= 11 is 7.26. The minimum Gasteiger partial charge on any atom is -0.331 e. The maximum absolute atomic E-state index is 11.2. The van der Waals surface area contributed by atoms with E-state index in [-0.39, 0.29) is 4.90 Å². The van der Waals surface area contributed by atoms with Gasteiger partial charge in [-0.2, -0.15) is 4.98 Å². The zero-order valence-electron chi connectivity index (χ0n) is 10.3. The van der Waals surface area contributed by atoms with Crippen LogP contribution in [0, 0.1) is 0 Å². The molecular weight excluding hydrogens is 334 g/mol. The first kappa shape index (κ1) is 14.1. The summed E-state index contributed by atoms with van der Waals surface area (Å²) < 4.78 is 23.0. The Morgan fingerprint density at radius 2 is 1.90 bits per heavy atom. The van der Waals surface area contributed by atoms with Crippen LogP contribution in [0.3, 0.4) is 0 Å². The van der Waals surface area contributed by atoms with Crippen LogP contribution in [-0.2, 0) is 10.0 Å². The number of nitrogens with two attached hydrogens (primary N) is 1. The van der Waals surface area contributed by atoms with Crippen molar-refractivity contribution in [2.24, 2.45) is 5.14 Å². The fourth-order valence-corrected chi connectivity index (χ4v) is 3.21. The molecule has 1 aromatic carbocycles. The van der Waals surface area contributed by atoms with Crippen molar-refractivity contribution in [1.29, 1.82) is 0 Å². The van der Waals surface area contributed by atoms with Gasteiger partial charge in [-0.1, -0.05) is 22.9 Å². The van der Waals surface area contributed by atoms with Crippen LogP contribution in [0.5, 0.6) is 0 Å². The van der Waals surface area contributed by atoms with Gasteiger partial charge >= 0.3 is 0 Å². The molecule has 2 aromatic heterocycles. The molecule has 3 rings (SSSR count). The highest BCUT2D eigenvalue weighted by atomic mass is 35.5. The van der Waals surface area contributed by atoms with E-state index in [9.17, 15) is 8.42 Å². The Balaban J connectivity index is 1.90. The van der Waals surface area contributed by atoms with Gasteiger partial charge in [0, 0.05) is 5.69 Å². The van der Waals surface area contributed by atoms with Gasteiger partial charge in [0.15, 0.2) is 15.9 Å². The summed E-state index contributed by atoms with van der Waals surface area (Å²) in [5.74, 6) is 0. The third kappa shape index (κ3) is 2.95. The summed E-state index contributed by atoms with van der Waals surface area (Å²) in [4.78, 5) is 12.2. The number of nitrogens with zero attached hydrogens (tertiary/aromatic N) is 3. The molecule has 0 bridgehead atoms. The lowest BCUT2D eigenvalue weighted by Crippen LogP contribution is -2.11. The van der Waals surface area contributed by atoms with Crippen LogP contribution in [0.2, 0.25) is 5.15 Å². The van der Waals surface area contributed by atoms with Crippen LogP contribution in [0.1, 0.15) is 0 Å². The minimum atomic E-state index is -3.70. The topological polar surface area (TPSA) is 111 Å². The Hall–Kier alpha value is -1.81. The van der Waals surface area contributed by atoms with Gasteiger partial charge in [-0.3, -0.25) is 0 Å². The van der Waals surface area contributed by atoms with Gasteiger partial charge in [0.05, 0.1) is 4.90 Å². The molecule has 0 fully saturated rings. The summed E-state index contributed by atoms with van der Waals surface area (Å²) in [5, 5.41) is 9.01. The zero-order chi connectivity index (χ0) is 15.0. The number of hydrogen-bond donors (Lipinski definition) is 2. The van der Waals surface area contributed by atoms with Crippen molar-refractivity contribution in [2.75, 3.05) is 5.32 Å². The summed E-state index contributed by atoms with van der Waals surface area (Å²) in [5.41, 5.74) is 1.18. The summed E-state index contributed by atoms with van der Waals surface area (Å²) in [6.45, 7) is 0. The Kier molecular flexibility index (Phi) is 3.49. The number of halogens is 1. The molecule has 0 atom stereocenters. The van der Waals surface area contributed by atoms with Gasteiger partial charge in [0.1, 0.15) is 11.0 Å². The third-order valence-corrected chi connectivity index (χ3v) is 4.88. The monoisotopic (exact) mass is 341 g/mol. The number of primary sulfonamides is 1. The van der Waals surface area contributed by atoms with Crippen LogP contribution in [-0.4, -0.2) is 23.4 Å². The number of aromatic nitrogens is 3. The Labute approximate surface area is 128 Å². The van der Waals surface area contributed by atoms with E-state index in [2.05, 4.69) is 20.3 Å². The largest absolute Gasteiger partial charge is 0.331 e. The molecule has 108 valence electrons. The standard InChI is InChI=1S/C11H8ClN5O2S2/c12-9-8-10(15-5-14-9)17-11(20-8)16-6-1-3-7(4-2-6)21(13,18)19/h1-5H,(H2,13,18,19)(H,14,15,16,17). The van der Waals surface area contributed by atoms with E-state index in [0.29, 0.717) is 26.3 Å². The maximum atomic E-state index is 11.2. The van der Waals surface area contributed by atoms with Crippen molar-refractivity contribution in [3.8, 4) is 0 Å². The molecule has 2 heterocycles. The molecule has 0 amide bonds. The first-order chi connectivity index (χ1) is 9.93. The highest BCUT2D eigenvalue weighted by Crippen LogP contribution is 2.30. The second kappa shape index (κ2) is 5.19. The van der Waals surface area contributed by atoms with Crippen LogP contribution >= 0.6 is 22.9 Å². The smallest absolute Gasteiger partial charge is 0.238 e. The lowest BCUT2D eigenvalue weighted by atomic mass is 10.3. The van der Waals surface area contributed by atoms with Gasteiger partial charge in [0.2, 0.25) is 10.0 Å². The van der Waals surface area contributed by atoms with Crippen LogP contribution < -0.4 is 10.5 Å². The first-order valence-electron chi connectivity index (χ1n) is 5.60. The number of fused-ring (bicyclic) bond motifs is 1. The Morgan fingerprint density at radius 3 is 2.52 bits per heavy atom. The molecule has 0 aliphatic carbocycles. The van der Waals surface area contributed by atoms with Crippen molar-refractivity contribution >= 4 is 54.1 Å². The zero-order valence-corrected chi connectivity index (χ0v) is 12.7. The van der Waals surface area contributed by atoms with E-state index in [0.717, 1.165) is 0 Å². The Morgan fingerprint density at radius 1 is 1.19 bits per heavy atom. The molecule has 0 saturated carbocycles. The number of hydrogen-bond acceptors (Lipinski definition) is 7. The van der Waals surface area contributed by atoms with Crippen molar-refractivity contribution in [3.05, 3.63) is 35.7 Å². The summed E-state index contributed by atoms with van der Waals surface area (Å²) in [7, 11) is -3.70. The van der Waals surface area contributed by atoms with E-state index in [1.807, 2.05) is 0 Å². The normalized spacial score (nSPS) is 11.7. The quantitative estimate of drug-likeness (QED) is 0.706. The fourth-order valence-electron chi connectivity index (χ4n) is 1.63. The fraction of sp³-hybridized carbons (Fsp3) is 0. The molecular formula is C11H8ClN5O2S2. The van der Waals surface area contributed by atoms with Crippen LogP contribution in [0.4, 0.5) is 10.8 Å². The van der Waals surface area contributed by atoms with Crippen molar-refractivity contribution in [1.82, 2.24) is 15.0 Å². The second-order valence-corrected chi connectivity index (χ2v) is 6.95. The number of thiazole rings is 1. The van der Waals surface area contributed by atoms with E-state index in [1.54, 1.807) is 12.1 Å². The average molecular weight is 342 g/mol. The molecule has 3 N–H and O–H groups in total. The highest BCUT2D eigenvalue weighted by Gasteiger charge is 2.10. The van der Waals surface area contributed by atoms with E-state index < -0.39 is 10.0 Å². The first-order valence-corrected chi connectivity index (χ1v) is 8.34. The molecule has 10 heteroatoms. The maximum Gasteiger partial charge on any atom is 0.238 e. The molecule has 0 spiro atoms. The van der Waals surface area contributed by atoms with Crippen molar-refractivity contribution in [3.63, 3.8) is 0 Å². The van der Waals surface area contributed by atoms with Crippen molar-refractivity contribution < 1.29 is 8.42 Å². The van der Waals surface area contributed by atoms with Crippen molar-refractivity contribution in [2.45, 2.75) is 4.90 Å². The van der Waals surface area contributed by atoms with Crippen LogP contribution in [0.25, 0.3) is 10.3 Å². The number of rotatable bonds is 3. The molecule has 21 heavy (non-hydrogen) atoms. The van der Waals surface area contributed by atoms with E-state index in [1.165, 1.54) is 29.8 Å². The molecule has 0 saturated heterocycles. The molecule has 3 aromatic rings. The van der Waals surface area contributed by atoms with Gasteiger partial charge in [0.25, 0.3) is 0 Å². The van der Waals surface area contributed by atoms with E-state index >= 15 is 0 Å². The molecule has 0 aliphatic heterocycles. The van der Waals surface area contributed by atoms with Gasteiger partial charge in [-0.25, -0.2) is 23.5 Å². The number of sulfonamides is 1. The molecule has 0 unspecified atom stereocenters. The molecule has 0 radical (unpaired) electrons. The highest BCUT2D eigenvalue weighted by molar-refractivity contribution is 7.89. The summed E-state index contributed by atoms with van der Waals surface area (Å²) in [6.07, 6.45) is 1.34. The molecule has 7 nitrogen and oxygen atoms in total. The predicted molar refractivity (Wildman–Crippen MR) is 81.3 cm³/mol. The average Bonchev–Trinajstić information content (AvgIpc) is 2.82. The second-order valence-electron chi connectivity index (χ2n) is 4.03. The minimum absolute atomic E-state index is 0.0475. The Bertz CT molecular complexity index is 908. The lowest BCUT2D eigenvalue weighted by molar-refractivity contribution is 0.598. The van der Waals surface area contributed by atoms with Gasteiger partial charge in [-0.05, 0) is 24.3 Å². The third-order valence-electron chi connectivity index (χ3n) is 2.58. The molecule has 0 aliphatic rings. The lowest BCUT2D eigenvalue weighted by Gasteiger charge is -2.03. The summed E-state index contributed by atoms with van der Waals surface area (Å²) in [6, 6.07) is 6.02. The number of nitrogens with one attached hydrogen (secondary N) is 1. The number of benzene rings is 1. The van der Waals surface area contributed by atoms with Gasteiger partial charge in [-0.15, -0.1) is 0 Å². The number of anilines is 2. The SMILES string of the molecule is NS(=O)(=O)c1ccc(Nc2nc3ncnc(Cl)c3s2)cc1. The van der Waals surface area contributed by atoms with Gasteiger partial charge < -0.3 is 5.32 Å². The predicted octanol–water partition coefficient (Wildman–Crippen LogP) is 2.13.